The minimum atomic E-state index is -1.41. The lowest BCUT2D eigenvalue weighted by molar-refractivity contribution is 0.102. The Morgan fingerprint density at radius 1 is 1.14 bits per heavy atom. The molecule has 0 unspecified atom stereocenters. The van der Waals surface area contributed by atoms with E-state index < -0.39 is 10.8 Å². The highest BCUT2D eigenvalue weighted by Gasteiger charge is 2.15. The van der Waals surface area contributed by atoms with Crippen LogP contribution < -0.4 is 4.74 Å². The van der Waals surface area contributed by atoms with Gasteiger partial charge < -0.3 is 9.84 Å². The fraction of sp³-hybridized carbons (Fsp3) is 0.235. The molecular weight excluding hydrogens is 300 g/mol. The van der Waals surface area contributed by atoms with E-state index in [1.54, 1.807) is 57.4 Å². The van der Waals surface area contributed by atoms with E-state index >= 15 is 0 Å². The zero-order chi connectivity index (χ0) is 16.3. The normalized spacial score (nSPS) is 12.0. The van der Waals surface area contributed by atoms with Crippen LogP contribution in [-0.2, 0) is 10.8 Å². The van der Waals surface area contributed by atoms with Crippen molar-refractivity contribution in [2.75, 3.05) is 12.9 Å². The lowest BCUT2D eigenvalue weighted by Gasteiger charge is -2.08. The molecule has 0 bridgehead atoms. The Balaban J connectivity index is 2.15. The van der Waals surface area contributed by atoms with Gasteiger partial charge in [0.25, 0.3) is 0 Å². The van der Waals surface area contributed by atoms with Crippen LogP contribution in [0, 0.1) is 13.8 Å². The molecule has 0 aliphatic carbocycles. The topological polar surface area (TPSA) is 63.6 Å². The van der Waals surface area contributed by atoms with Gasteiger partial charge in [-0.15, -0.1) is 0 Å². The van der Waals surface area contributed by atoms with E-state index in [4.69, 9.17) is 4.74 Å². The number of ketones is 1. The van der Waals surface area contributed by atoms with Gasteiger partial charge in [0, 0.05) is 10.5 Å². The summed E-state index contributed by atoms with van der Waals surface area (Å²) in [5.74, 6) is 0.570. The minimum absolute atomic E-state index is 0.0873. The standard InChI is InChI=1S/C17H18O4S/c1-11-8-13(9-12(2)17(11)19)16(18)10-22(20)15-6-4-14(21-3)5-7-15/h4-9,19H,10H2,1-3H3/t22-/m0/s1. The second kappa shape index (κ2) is 6.75. The molecule has 0 aromatic heterocycles. The second-order valence-electron chi connectivity index (χ2n) is 5.05. The van der Waals surface area contributed by atoms with Crippen molar-refractivity contribution < 1.29 is 18.8 Å². The zero-order valence-electron chi connectivity index (χ0n) is 12.8. The third-order valence-corrected chi connectivity index (χ3v) is 4.72. The number of Topliss-reactive ketones (excluding diaryl/α,β-unsaturated/α-hetero) is 1. The van der Waals surface area contributed by atoms with Crippen LogP contribution >= 0.6 is 0 Å². The van der Waals surface area contributed by atoms with Crippen molar-refractivity contribution in [3.8, 4) is 11.5 Å². The van der Waals surface area contributed by atoms with E-state index in [9.17, 15) is 14.1 Å². The Hall–Kier alpha value is -2.14. The van der Waals surface area contributed by atoms with Crippen molar-refractivity contribution in [3.05, 3.63) is 53.1 Å². The van der Waals surface area contributed by atoms with Crippen molar-refractivity contribution in [3.63, 3.8) is 0 Å². The van der Waals surface area contributed by atoms with Crippen molar-refractivity contribution in [1.82, 2.24) is 0 Å². The number of hydrogen-bond donors (Lipinski definition) is 1. The zero-order valence-corrected chi connectivity index (χ0v) is 13.6. The molecule has 0 saturated heterocycles. The number of aromatic hydroxyl groups is 1. The molecule has 0 aliphatic rings. The predicted molar refractivity (Wildman–Crippen MR) is 86.2 cm³/mol. The van der Waals surface area contributed by atoms with Gasteiger partial charge in [0.05, 0.1) is 23.7 Å². The largest absolute Gasteiger partial charge is 0.507 e. The third kappa shape index (κ3) is 3.54. The summed E-state index contributed by atoms with van der Waals surface area (Å²) in [4.78, 5) is 12.9. The summed E-state index contributed by atoms with van der Waals surface area (Å²) in [6.07, 6.45) is 0. The number of aryl methyl sites for hydroxylation is 2. The molecule has 0 heterocycles. The van der Waals surface area contributed by atoms with Crippen LogP contribution in [0.1, 0.15) is 21.5 Å². The van der Waals surface area contributed by atoms with Crippen molar-refractivity contribution in [1.29, 1.82) is 0 Å². The Kier molecular flexibility index (Phi) is 4.98. The summed E-state index contributed by atoms with van der Waals surface area (Å²) in [6, 6.07) is 10.1. The molecule has 5 heteroatoms. The predicted octanol–water partition coefficient (Wildman–Crippen LogP) is 3.01. The molecule has 0 radical (unpaired) electrons. The van der Waals surface area contributed by atoms with Crippen LogP contribution in [0.4, 0.5) is 0 Å². The maximum Gasteiger partial charge on any atom is 0.175 e. The molecule has 2 rings (SSSR count). The number of ether oxygens (including phenoxy) is 1. The first kappa shape index (κ1) is 16.2. The van der Waals surface area contributed by atoms with Gasteiger partial charge >= 0.3 is 0 Å². The van der Waals surface area contributed by atoms with Gasteiger partial charge in [-0.1, -0.05) is 0 Å². The van der Waals surface area contributed by atoms with E-state index in [0.29, 0.717) is 27.3 Å². The number of benzene rings is 2. The Morgan fingerprint density at radius 2 is 1.68 bits per heavy atom. The van der Waals surface area contributed by atoms with Gasteiger partial charge in [-0.2, -0.15) is 0 Å². The molecular formula is C17H18O4S. The fourth-order valence-corrected chi connectivity index (χ4v) is 3.14. The number of methoxy groups -OCH3 is 1. The highest BCUT2D eigenvalue weighted by molar-refractivity contribution is 7.85. The number of hydrogen-bond acceptors (Lipinski definition) is 4. The Morgan fingerprint density at radius 3 is 2.18 bits per heavy atom. The molecule has 2 aromatic rings. The average Bonchev–Trinajstić information content (AvgIpc) is 2.52. The van der Waals surface area contributed by atoms with Crippen LogP contribution in [0.15, 0.2) is 41.3 Å². The number of phenols is 1. The molecule has 0 saturated carbocycles. The van der Waals surface area contributed by atoms with Crippen LogP contribution in [-0.4, -0.2) is 28.0 Å². The molecule has 2 aromatic carbocycles. The Bertz CT molecular complexity index is 697. The van der Waals surface area contributed by atoms with Gasteiger partial charge in [-0.3, -0.25) is 9.00 Å². The maximum absolute atomic E-state index is 12.3. The fourth-order valence-electron chi connectivity index (χ4n) is 2.13. The highest BCUT2D eigenvalue weighted by atomic mass is 32.2. The third-order valence-electron chi connectivity index (χ3n) is 3.40. The van der Waals surface area contributed by atoms with E-state index in [1.807, 2.05) is 0 Å². The average molecular weight is 318 g/mol. The van der Waals surface area contributed by atoms with Crippen molar-refractivity contribution in [2.24, 2.45) is 0 Å². The summed E-state index contributed by atoms with van der Waals surface area (Å²) in [5.41, 5.74) is 1.74. The summed E-state index contributed by atoms with van der Waals surface area (Å²) in [5, 5.41) is 9.74. The summed E-state index contributed by atoms with van der Waals surface area (Å²) < 4.78 is 17.3. The van der Waals surface area contributed by atoms with Gasteiger partial charge in [0.2, 0.25) is 0 Å². The number of carbonyl (C=O) groups excluding carboxylic acids is 1. The van der Waals surface area contributed by atoms with Crippen LogP contribution in [0.2, 0.25) is 0 Å². The number of phenolic OH excluding ortho intramolecular Hbond substituents is 1. The highest BCUT2D eigenvalue weighted by Crippen LogP contribution is 2.23. The molecule has 116 valence electrons. The van der Waals surface area contributed by atoms with E-state index in [-0.39, 0.29) is 17.3 Å². The molecule has 1 N–H and O–H groups in total. The summed E-state index contributed by atoms with van der Waals surface area (Å²) >= 11 is 0. The van der Waals surface area contributed by atoms with Gasteiger partial charge in [-0.05, 0) is 61.4 Å². The Labute approximate surface area is 132 Å². The van der Waals surface area contributed by atoms with Crippen LogP contribution in [0.3, 0.4) is 0 Å². The first-order valence-corrected chi connectivity index (χ1v) is 8.10. The smallest absolute Gasteiger partial charge is 0.175 e. The van der Waals surface area contributed by atoms with Gasteiger partial charge in [-0.25, -0.2) is 0 Å². The van der Waals surface area contributed by atoms with E-state index in [2.05, 4.69) is 0 Å². The lowest BCUT2D eigenvalue weighted by Crippen LogP contribution is -2.11. The van der Waals surface area contributed by atoms with Gasteiger partial charge in [0.1, 0.15) is 11.5 Å². The summed E-state index contributed by atoms with van der Waals surface area (Å²) in [6.45, 7) is 3.47. The first-order valence-electron chi connectivity index (χ1n) is 6.78. The summed E-state index contributed by atoms with van der Waals surface area (Å²) in [7, 11) is 0.150. The monoisotopic (exact) mass is 318 g/mol. The van der Waals surface area contributed by atoms with Crippen molar-refractivity contribution in [2.45, 2.75) is 18.7 Å². The molecule has 0 spiro atoms. The molecule has 0 aliphatic heterocycles. The molecule has 0 fully saturated rings. The quantitative estimate of drug-likeness (QED) is 0.861. The van der Waals surface area contributed by atoms with E-state index in [1.165, 1.54) is 0 Å². The second-order valence-corrected chi connectivity index (χ2v) is 6.50. The number of rotatable bonds is 5. The maximum atomic E-state index is 12.3. The van der Waals surface area contributed by atoms with Crippen LogP contribution in [0.5, 0.6) is 11.5 Å². The first-order chi connectivity index (χ1) is 10.4. The number of carbonyl (C=O) groups is 1. The molecule has 0 amide bonds. The molecule has 22 heavy (non-hydrogen) atoms. The van der Waals surface area contributed by atoms with E-state index in [0.717, 1.165) is 0 Å². The van der Waals surface area contributed by atoms with Gasteiger partial charge in [0.15, 0.2) is 5.78 Å². The molecule has 1 atom stereocenters. The van der Waals surface area contributed by atoms with Crippen molar-refractivity contribution >= 4 is 16.6 Å². The molecule has 4 nitrogen and oxygen atoms in total. The lowest BCUT2D eigenvalue weighted by atomic mass is 10.0. The SMILES string of the molecule is COc1ccc([S@@](=O)CC(=O)c2cc(C)c(O)c(C)c2)cc1. The van der Waals surface area contributed by atoms with Crippen LogP contribution in [0.25, 0.3) is 0 Å². The minimum Gasteiger partial charge on any atom is -0.507 e.